The molecule has 0 saturated carbocycles. The molecule has 2 aromatic heterocycles. The van der Waals surface area contributed by atoms with Crippen LogP contribution in [0.5, 0.6) is 0 Å². The van der Waals surface area contributed by atoms with Gasteiger partial charge in [-0.15, -0.1) is 0 Å². The molecular formula is C14H21N5OS. The van der Waals surface area contributed by atoms with Crippen LogP contribution in [0.25, 0.3) is 0 Å². The molecule has 114 valence electrons. The number of aryl methyl sites for hydroxylation is 3. The SMILES string of the molecule is Cc1n[nH]c(C)c1C(C)N(C)C(=O)CSc1nccn1C. The zero-order valence-electron chi connectivity index (χ0n) is 13.0. The summed E-state index contributed by atoms with van der Waals surface area (Å²) in [5, 5.41) is 8.01. The normalized spacial score (nSPS) is 12.4. The Bertz CT molecular complexity index is 614. The third-order valence-electron chi connectivity index (χ3n) is 3.68. The van der Waals surface area contributed by atoms with Crippen LogP contribution in [0.15, 0.2) is 17.6 Å². The molecule has 2 heterocycles. The van der Waals surface area contributed by atoms with Crippen molar-refractivity contribution in [3.63, 3.8) is 0 Å². The zero-order valence-corrected chi connectivity index (χ0v) is 13.9. The number of aromatic nitrogens is 4. The van der Waals surface area contributed by atoms with Crippen molar-refractivity contribution in [2.75, 3.05) is 12.8 Å². The minimum Gasteiger partial charge on any atom is -0.338 e. The van der Waals surface area contributed by atoms with Crippen molar-refractivity contribution in [3.8, 4) is 0 Å². The number of imidazole rings is 1. The predicted octanol–water partition coefficient (Wildman–Crippen LogP) is 2.07. The first-order valence-corrected chi connectivity index (χ1v) is 7.77. The first-order valence-electron chi connectivity index (χ1n) is 6.79. The van der Waals surface area contributed by atoms with Gasteiger partial charge in [0.05, 0.1) is 17.5 Å². The van der Waals surface area contributed by atoms with Gasteiger partial charge in [0.2, 0.25) is 5.91 Å². The number of carbonyl (C=O) groups excluding carboxylic acids is 1. The van der Waals surface area contributed by atoms with Gasteiger partial charge in [-0.2, -0.15) is 5.10 Å². The first kappa shape index (κ1) is 15.6. The second-order valence-electron chi connectivity index (χ2n) is 5.14. The Morgan fingerprint density at radius 1 is 1.52 bits per heavy atom. The van der Waals surface area contributed by atoms with Gasteiger partial charge in [-0.05, 0) is 20.8 Å². The summed E-state index contributed by atoms with van der Waals surface area (Å²) in [5.74, 6) is 0.456. The molecular weight excluding hydrogens is 286 g/mol. The Labute approximate surface area is 128 Å². The van der Waals surface area contributed by atoms with E-state index in [9.17, 15) is 4.79 Å². The Morgan fingerprint density at radius 2 is 2.24 bits per heavy atom. The van der Waals surface area contributed by atoms with Crippen LogP contribution in [0.4, 0.5) is 0 Å². The lowest BCUT2D eigenvalue weighted by Gasteiger charge is -2.25. The van der Waals surface area contributed by atoms with Crippen LogP contribution in [0.3, 0.4) is 0 Å². The summed E-state index contributed by atoms with van der Waals surface area (Å²) >= 11 is 1.45. The second-order valence-corrected chi connectivity index (χ2v) is 6.08. The van der Waals surface area contributed by atoms with E-state index in [1.807, 2.05) is 45.6 Å². The standard InChI is InChI=1S/C14H21N5OS/c1-9-13(10(2)17-16-9)11(3)19(5)12(20)8-21-14-15-6-7-18(14)4/h6-7,11H,8H2,1-5H3,(H,16,17). The van der Waals surface area contributed by atoms with E-state index in [1.165, 1.54) is 11.8 Å². The van der Waals surface area contributed by atoms with Gasteiger partial charge < -0.3 is 9.47 Å². The van der Waals surface area contributed by atoms with Gasteiger partial charge in [0.25, 0.3) is 0 Å². The van der Waals surface area contributed by atoms with Crippen LogP contribution in [0, 0.1) is 13.8 Å². The molecule has 6 nitrogen and oxygen atoms in total. The Kier molecular flexibility index (Phi) is 4.72. The predicted molar refractivity (Wildman–Crippen MR) is 83.2 cm³/mol. The van der Waals surface area contributed by atoms with Crippen molar-refractivity contribution in [2.24, 2.45) is 7.05 Å². The molecule has 1 unspecified atom stereocenters. The molecule has 2 aromatic rings. The molecule has 0 aromatic carbocycles. The maximum Gasteiger partial charge on any atom is 0.233 e. The van der Waals surface area contributed by atoms with Gasteiger partial charge in [-0.3, -0.25) is 9.89 Å². The van der Waals surface area contributed by atoms with Gasteiger partial charge in [-0.1, -0.05) is 11.8 Å². The summed E-state index contributed by atoms with van der Waals surface area (Å²) in [6, 6.07) is -0.00165. The number of amides is 1. The van der Waals surface area contributed by atoms with Gasteiger partial charge in [0.15, 0.2) is 5.16 Å². The second kappa shape index (κ2) is 6.34. The van der Waals surface area contributed by atoms with Gasteiger partial charge in [-0.25, -0.2) is 4.98 Å². The molecule has 1 amide bonds. The molecule has 1 atom stereocenters. The summed E-state index contributed by atoms with van der Waals surface area (Å²) in [4.78, 5) is 18.3. The van der Waals surface area contributed by atoms with Crippen molar-refractivity contribution >= 4 is 17.7 Å². The van der Waals surface area contributed by atoms with Gasteiger partial charge in [0, 0.05) is 37.7 Å². The van der Waals surface area contributed by atoms with E-state index < -0.39 is 0 Å². The highest BCUT2D eigenvalue weighted by molar-refractivity contribution is 7.99. The van der Waals surface area contributed by atoms with Crippen molar-refractivity contribution in [1.82, 2.24) is 24.6 Å². The van der Waals surface area contributed by atoms with Gasteiger partial charge >= 0.3 is 0 Å². The Balaban J connectivity index is 2.01. The van der Waals surface area contributed by atoms with E-state index in [1.54, 1.807) is 11.1 Å². The fourth-order valence-corrected chi connectivity index (χ4v) is 3.16. The van der Waals surface area contributed by atoms with Crippen LogP contribution in [0.2, 0.25) is 0 Å². The van der Waals surface area contributed by atoms with Crippen molar-refractivity contribution < 1.29 is 4.79 Å². The van der Waals surface area contributed by atoms with E-state index in [2.05, 4.69) is 15.2 Å². The number of nitrogens with zero attached hydrogens (tertiary/aromatic N) is 4. The summed E-state index contributed by atoms with van der Waals surface area (Å²) in [7, 11) is 3.75. The first-order chi connectivity index (χ1) is 9.91. The molecule has 0 aliphatic carbocycles. The van der Waals surface area contributed by atoms with E-state index in [-0.39, 0.29) is 11.9 Å². The number of rotatable bonds is 5. The molecule has 0 aliphatic heterocycles. The molecule has 2 rings (SSSR count). The largest absolute Gasteiger partial charge is 0.338 e. The molecule has 21 heavy (non-hydrogen) atoms. The maximum absolute atomic E-state index is 12.3. The average Bonchev–Trinajstić information content (AvgIpc) is 3.00. The topological polar surface area (TPSA) is 66.8 Å². The minimum absolute atomic E-state index is 0.00165. The highest BCUT2D eigenvalue weighted by Gasteiger charge is 2.22. The number of thioether (sulfide) groups is 1. The maximum atomic E-state index is 12.3. The van der Waals surface area contributed by atoms with Gasteiger partial charge in [0.1, 0.15) is 0 Å². The summed E-state index contributed by atoms with van der Waals surface area (Å²) in [6.45, 7) is 5.96. The lowest BCUT2D eigenvalue weighted by Crippen LogP contribution is -2.31. The number of hydrogen-bond acceptors (Lipinski definition) is 4. The number of carbonyl (C=O) groups is 1. The molecule has 0 saturated heterocycles. The zero-order chi connectivity index (χ0) is 15.6. The van der Waals surface area contributed by atoms with Crippen molar-refractivity contribution in [1.29, 1.82) is 0 Å². The smallest absolute Gasteiger partial charge is 0.233 e. The monoisotopic (exact) mass is 307 g/mol. The van der Waals surface area contributed by atoms with Crippen LogP contribution < -0.4 is 0 Å². The van der Waals surface area contributed by atoms with Crippen LogP contribution in [-0.4, -0.2) is 43.4 Å². The molecule has 0 aliphatic rings. The summed E-state index contributed by atoms with van der Waals surface area (Å²) in [6.07, 6.45) is 3.61. The molecule has 7 heteroatoms. The Morgan fingerprint density at radius 3 is 2.76 bits per heavy atom. The van der Waals surface area contributed by atoms with Crippen LogP contribution >= 0.6 is 11.8 Å². The van der Waals surface area contributed by atoms with Crippen LogP contribution in [-0.2, 0) is 11.8 Å². The van der Waals surface area contributed by atoms with E-state index in [4.69, 9.17) is 0 Å². The summed E-state index contributed by atoms with van der Waals surface area (Å²) in [5.41, 5.74) is 3.04. The number of hydrogen-bond donors (Lipinski definition) is 1. The molecule has 0 bridgehead atoms. The minimum atomic E-state index is -0.00165. The number of H-pyrrole nitrogens is 1. The molecule has 1 N–H and O–H groups in total. The lowest BCUT2D eigenvalue weighted by atomic mass is 10.1. The van der Waals surface area contributed by atoms with Crippen molar-refractivity contribution in [2.45, 2.75) is 32.0 Å². The number of nitrogens with one attached hydrogen (secondary N) is 1. The number of aromatic amines is 1. The molecule has 0 spiro atoms. The van der Waals surface area contributed by atoms with E-state index >= 15 is 0 Å². The lowest BCUT2D eigenvalue weighted by molar-refractivity contribution is -0.128. The quantitative estimate of drug-likeness (QED) is 0.859. The average molecular weight is 307 g/mol. The summed E-state index contributed by atoms with van der Waals surface area (Å²) < 4.78 is 1.91. The fourth-order valence-electron chi connectivity index (χ4n) is 2.30. The van der Waals surface area contributed by atoms with Crippen molar-refractivity contribution in [3.05, 3.63) is 29.3 Å². The third-order valence-corrected chi connectivity index (χ3v) is 4.72. The highest BCUT2D eigenvalue weighted by Crippen LogP contribution is 2.25. The fraction of sp³-hybridized carbons (Fsp3) is 0.500. The third kappa shape index (κ3) is 3.29. The van der Waals surface area contributed by atoms with E-state index in [0.29, 0.717) is 5.75 Å². The van der Waals surface area contributed by atoms with E-state index in [0.717, 1.165) is 22.1 Å². The molecule has 0 radical (unpaired) electrons. The Hall–Kier alpha value is -1.76. The highest BCUT2D eigenvalue weighted by atomic mass is 32.2. The van der Waals surface area contributed by atoms with Crippen LogP contribution in [0.1, 0.15) is 29.9 Å². The molecule has 0 fully saturated rings.